The molecule has 0 aliphatic rings. The molecule has 0 spiro atoms. The van der Waals surface area contributed by atoms with Gasteiger partial charge in [0.15, 0.2) is 24.7 Å². The summed E-state index contributed by atoms with van der Waals surface area (Å²) in [5.74, 6) is 0. The third-order valence-corrected chi connectivity index (χ3v) is 5.00. The maximum atomic E-state index is 11.9. The monoisotopic (exact) mass is 336 g/mol. The molecular formula is C14H12N2O4S2. The van der Waals surface area contributed by atoms with Gasteiger partial charge < -0.3 is 0 Å². The maximum absolute atomic E-state index is 11.9. The Labute approximate surface area is 128 Å². The van der Waals surface area contributed by atoms with Gasteiger partial charge in [-0.3, -0.25) is 0 Å². The van der Waals surface area contributed by atoms with Gasteiger partial charge in [-0.2, -0.15) is 5.26 Å². The maximum Gasteiger partial charge on any atom is 0.194 e. The summed E-state index contributed by atoms with van der Waals surface area (Å²) in [6, 6.07) is 11.4. The van der Waals surface area contributed by atoms with E-state index in [1.807, 2.05) is 0 Å². The van der Waals surface area contributed by atoms with Gasteiger partial charge in [0.05, 0.1) is 10.6 Å². The van der Waals surface area contributed by atoms with Crippen molar-refractivity contribution >= 4 is 19.7 Å². The van der Waals surface area contributed by atoms with Gasteiger partial charge in [0.1, 0.15) is 11.6 Å². The molecule has 1 aromatic carbocycles. The van der Waals surface area contributed by atoms with Crippen LogP contribution >= 0.6 is 0 Å². The smallest absolute Gasteiger partial charge is 0.194 e. The summed E-state index contributed by atoms with van der Waals surface area (Å²) in [7, 11) is -7.64. The third-order valence-electron chi connectivity index (χ3n) is 2.88. The molecule has 0 amide bonds. The van der Waals surface area contributed by atoms with Gasteiger partial charge in [-0.1, -0.05) is 30.3 Å². The number of aromatic nitrogens is 1. The number of rotatable bonds is 3. The Bertz CT molecular complexity index is 920. The Kier molecular flexibility index (Phi) is 4.04. The zero-order valence-corrected chi connectivity index (χ0v) is 13.4. The second kappa shape index (κ2) is 5.51. The van der Waals surface area contributed by atoms with E-state index in [-0.39, 0.29) is 10.6 Å². The molecule has 6 nitrogen and oxygen atoms in total. The minimum atomic E-state index is -3.86. The minimum Gasteiger partial charge on any atom is -0.235 e. The Morgan fingerprint density at radius 3 is 2.05 bits per heavy atom. The molecule has 2 rings (SSSR count). The van der Waals surface area contributed by atoms with Crippen LogP contribution in [0.4, 0.5) is 0 Å². The molecular weight excluding hydrogens is 324 g/mol. The van der Waals surface area contributed by atoms with Crippen LogP contribution in [0.25, 0.3) is 11.3 Å². The normalized spacial score (nSPS) is 11.9. The highest BCUT2D eigenvalue weighted by molar-refractivity contribution is 7.91. The lowest BCUT2D eigenvalue weighted by atomic mass is 10.1. The number of hydrogen-bond acceptors (Lipinski definition) is 6. The largest absolute Gasteiger partial charge is 0.235 e. The Morgan fingerprint density at radius 2 is 1.59 bits per heavy atom. The van der Waals surface area contributed by atoms with Gasteiger partial charge in [-0.15, -0.1) is 0 Å². The molecule has 0 saturated carbocycles. The molecule has 0 N–H and O–H groups in total. The second-order valence-electron chi connectivity index (χ2n) is 4.71. The Balaban J connectivity index is 2.95. The van der Waals surface area contributed by atoms with Crippen LogP contribution in [0.3, 0.4) is 0 Å². The second-order valence-corrected chi connectivity index (χ2v) is 8.62. The third kappa shape index (κ3) is 3.16. The molecule has 0 saturated heterocycles. The molecule has 0 unspecified atom stereocenters. The van der Waals surface area contributed by atoms with Crippen molar-refractivity contribution in [2.45, 2.75) is 9.92 Å². The zero-order valence-electron chi connectivity index (χ0n) is 11.8. The van der Waals surface area contributed by atoms with Gasteiger partial charge in [-0.05, 0) is 6.07 Å². The van der Waals surface area contributed by atoms with E-state index in [4.69, 9.17) is 5.26 Å². The lowest BCUT2D eigenvalue weighted by Crippen LogP contribution is -2.11. The van der Waals surface area contributed by atoms with E-state index in [0.717, 1.165) is 12.5 Å². The summed E-state index contributed by atoms with van der Waals surface area (Å²) in [4.78, 5) is 3.64. The molecule has 1 heterocycles. The first-order valence-electron chi connectivity index (χ1n) is 6.05. The first-order chi connectivity index (χ1) is 10.1. The van der Waals surface area contributed by atoms with Gasteiger partial charge in [0.25, 0.3) is 0 Å². The molecule has 0 bridgehead atoms. The van der Waals surface area contributed by atoms with Gasteiger partial charge in [-0.25, -0.2) is 21.8 Å². The van der Waals surface area contributed by atoms with Crippen LogP contribution in [0.1, 0.15) is 5.56 Å². The standard InChI is InChI=1S/C14H12N2O4S2/c1-21(17,18)13-8-12(10-6-4-3-5-7-10)16-14(11(13)9-15)22(2,19)20/h3-8H,1-2H3. The van der Waals surface area contributed by atoms with Crippen molar-refractivity contribution in [2.75, 3.05) is 12.5 Å². The minimum absolute atomic E-state index is 0.181. The quantitative estimate of drug-likeness (QED) is 0.839. The molecule has 114 valence electrons. The van der Waals surface area contributed by atoms with E-state index in [0.29, 0.717) is 5.56 Å². The van der Waals surface area contributed by atoms with Crippen LogP contribution in [0, 0.1) is 11.3 Å². The van der Waals surface area contributed by atoms with E-state index in [9.17, 15) is 16.8 Å². The van der Waals surface area contributed by atoms with E-state index in [1.165, 1.54) is 6.07 Å². The fourth-order valence-electron chi connectivity index (χ4n) is 1.92. The van der Waals surface area contributed by atoms with Gasteiger partial charge in [0, 0.05) is 18.1 Å². The molecule has 2 aromatic rings. The predicted octanol–water partition coefficient (Wildman–Crippen LogP) is 1.43. The average molecular weight is 336 g/mol. The van der Waals surface area contributed by atoms with Crippen molar-refractivity contribution < 1.29 is 16.8 Å². The number of nitrogens with zero attached hydrogens (tertiary/aromatic N) is 2. The molecule has 0 fully saturated rings. The van der Waals surface area contributed by atoms with Crippen molar-refractivity contribution in [1.29, 1.82) is 5.26 Å². The average Bonchev–Trinajstić information content (AvgIpc) is 2.45. The van der Waals surface area contributed by atoms with E-state index >= 15 is 0 Å². The lowest BCUT2D eigenvalue weighted by Gasteiger charge is -2.10. The van der Waals surface area contributed by atoms with E-state index in [1.54, 1.807) is 36.4 Å². The van der Waals surface area contributed by atoms with Crippen LogP contribution in [0.5, 0.6) is 0 Å². The van der Waals surface area contributed by atoms with Crippen LogP contribution < -0.4 is 0 Å². The molecule has 0 aliphatic carbocycles. The summed E-state index contributed by atoms with van der Waals surface area (Å²) in [5.41, 5.74) is 0.284. The van der Waals surface area contributed by atoms with Crippen LogP contribution in [0.2, 0.25) is 0 Å². The highest BCUT2D eigenvalue weighted by atomic mass is 32.2. The summed E-state index contributed by atoms with van der Waals surface area (Å²) in [5, 5.41) is 8.64. The predicted molar refractivity (Wildman–Crippen MR) is 80.6 cm³/mol. The first-order valence-corrected chi connectivity index (χ1v) is 9.83. The fraction of sp³-hybridized carbons (Fsp3) is 0.143. The van der Waals surface area contributed by atoms with Crippen LogP contribution in [-0.4, -0.2) is 34.3 Å². The van der Waals surface area contributed by atoms with Crippen LogP contribution in [-0.2, 0) is 19.7 Å². The summed E-state index contributed by atoms with van der Waals surface area (Å²) >= 11 is 0. The summed E-state index contributed by atoms with van der Waals surface area (Å²) < 4.78 is 47.5. The van der Waals surface area contributed by atoms with E-state index in [2.05, 4.69) is 4.98 Å². The van der Waals surface area contributed by atoms with Crippen molar-refractivity contribution in [3.05, 3.63) is 42.0 Å². The Morgan fingerprint density at radius 1 is 1.00 bits per heavy atom. The van der Waals surface area contributed by atoms with E-state index < -0.39 is 30.3 Å². The molecule has 1 aromatic heterocycles. The SMILES string of the molecule is CS(=O)(=O)c1cc(-c2ccccc2)nc(S(C)(=O)=O)c1C#N. The van der Waals surface area contributed by atoms with Gasteiger partial charge >= 0.3 is 0 Å². The number of pyridine rings is 1. The fourth-order valence-corrected chi connectivity index (χ4v) is 3.61. The molecule has 22 heavy (non-hydrogen) atoms. The van der Waals surface area contributed by atoms with Crippen molar-refractivity contribution in [1.82, 2.24) is 4.98 Å². The summed E-state index contributed by atoms with van der Waals surface area (Å²) in [6.45, 7) is 0. The van der Waals surface area contributed by atoms with Gasteiger partial charge in [0.2, 0.25) is 0 Å². The topological polar surface area (TPSA) is 105 Å². The molecule has 0 aliphatic heterocycles. The van der Waals surface area contributed by atoms with Crippen molar-refractivity contribution in [3.8, 4) is 17.3 Å². The first kappa shape index (κ1) is 16.1. The highest BCUT2D eigenvalue weighted by Crippen LogP contribution is 2.27. The number of nitriles is 1. The number of benzene rings is 1. The Hall–Kier alpha value is -2.24. The zero-order chi connectivity index (χ0) is 16.5. The number of sulfone groups is 2. The summed E-state index contributed by atoms with van der Waals surface area (Å²) in [6.07, 6.45) is 1.81. The molecule has 8 heteroatoms. The number of hydrogen-bond donors (Lipinski definition) is 0. The van der Waals surface area contributed by atoms with Crippen molar-refractivity contribution in [3.63, 3.8) is 0 Å². The van der Waals surface area contributed by atoms with Crippen molar-refractivity contribution in [2.24, 2.45) is 0 Å². The molecule has 0 radical (unpaired) electrons. The highest BCUT2D eigenvalue weighted by Gasteiger charge is 2.25. The lowest BCUT2D eigenvalue weighted by molar-refractivity contribution is 0.596. The van der Waals surface area contributed by atoms with Crippen LogP contribution in [0.15, 0.2) is 46.3 Å². The molecule has 0 atom stereocenters.